The van der Waals surface area contributed by atoms with Crippen molar-refractivity contribution < 1.29 is 14.6 Å². The Labute approximate surface area is 95.0 Å². The highest BCUT2D eigenvalue weighted by molar-refractivity contribution is 5.69. The molecule has 0 spiro atoms. The normalized spacial score (nSPS) is 16.1. The van der Waals surface area contributed by atoms with Gasteiger partial charge in [-0.3, -0.25) is 4.79 Å². The fourth-order valence-corrected chi connectivity index (χ4v) is 1.95. The third-order valence-corrected chi connectivity index (χ3v) is 2.94. The van der Waals surface area contributed by atoms with Crippen LogP contribution in [0.3, 0.4) is 0 Å². The molecule has 0 bridgehead atoms. The number of aryl methyl sites for hydroxylation is 1. The minimum Gasteiger partial charge on any atom is -0.493 e. The standard InChI is InChI=1S/C13H16O3/c1-9(13(14)15)7-10-4-5-11-3-2-6-16-12(11)8-10/h4-5,8-9H,2-3,6-7H2,1H3,(H,14,15)/t9-/m0/s1. The van der Waals surface area contributed by atoms with Gasteiger partial charge in [0.05, 0.1) is 12.5 Å². The van der Waals surface area contributed by atoms with Gasteiger partial charge < -0.3 is 9.84 Å². The number of fused-ring (bicyclic) bond motifs is 1. The minimum absolute atomic E-state index is 0.346. The van der Waals surface area contributed by atoms with Crippen LogP contribution >= 0.6 is 0 Å². The summed E-state index contributed by atoms with van der Waals surface area (Å²) in [4.78, 5) is 10.8. The molecule has 86 valence electrons. The van der Waals surface area contributed by atoms with Crippen molar-refractivity contribution >= 4 is 5.97 Å². The summed E-state index contributed by atoms with van der Waals surface area (Å²) in [6.07, 6.45) is 2.69. The van der Waals surface area contributed by atoms with E-state index >= 15 is 0 Å². The van der Waals surface area contributed by atoms with E-state index in [0.29, 0.717) is 6.42 Å². The number of benzene rings is 1. The Kier molecular flexibility index (Phi) is 3.13. The predicted octanol–water partition coefficient (Wildman–Crippen LogP) is 2.27. The maximum absolute atomic E-state index is 10.8. The zero-order chi connectivity index (χ0) is 11.5. The number of ether oxygens (including phenoxy) is 1. The summed E-state index contributed by atoms with van der Waals surface area (Å²) in [5.41, 5.74) is 2.27. The van der Waals surface area contributed by atoms with Crippen LogP contribution in [0.1, 0.15) is 24.5 Å². The second-order valence-electron chi connectivity index (χ2n) is 4.34. The number of rotatable bonds is 3. The summed E-state index contributed by atoms with van der Waals surface area (Å²) in [6, 6.07) is 6.04. The van der Waals surface area contributed by atoms with Crippen LogP contribution in [0.25, 0.3) is 0 Å². The summed E-state index contributed by atoms with van der Waals surface area (Å²) in [7, 11) is 0. The van der Waals surface area contributed by atoms with E-state index in [1.807, 2.05) is 12.1 Å². The van der Waals surface area contributed by atoms with Gasteiger partial charge in [0, 0.05) is 0 Å². The van der Waals surface area contributed by atoms with Crippen LogP contribution in [0.2, 0.25) is 0 Å². The summed E-state index contributed by atoms with van der Waals surface area (Å²) < 4.78 is 5.56. The SMILES string of the molecule is C[C@@H](Cc1ccc2c(c1)OCCC2)C(=O)O. The van der Waals surface area contributed by atoms with E-state index < -0.39 is 5.97 Å². The van der Waals surface area contributed by atoms with Crippen LogP contribution in [0, 0.1) is 5.92 Å². The lowest BCUT2D eigenvalue weighted by Gasteiger charge is -2.18. The molecule has 0 radical (unpaired) electrons. The first-order chi connectivity index (χ1) is 7.66. The Balaban J connectivity index is 2.14. The van der Waals surface area contributed by atoms with Crippen LogP contribution < -0.4 is 4.74 Å². The number of aliphatic carboxylic acids is 1. The van der Waals surface area contributed by atoms with Crippen molar-refractivity contribution in [1.29, 1.82) is 0 Å². The summed E-state index contributed by atoms with van der Waals surface area (Å²) in [5.74, 6) is -0.165. The van der Waals surface area contributed by atoms with E-state index in [2.05, 4.69) is 6.07 Å². The van der Waals surface area contributed by atoms with E-state index in [1.165, 1.54) is 5.56 Å². The lowest BCUT2D eigenvalue weighted by atomic mass is 9.98. The van der Waals surface area contributed by atoms with E-state index in [-0.39, 0.29) is 5.92 Å². The summed E-state index contributed by atoms with van der Waals surface area (Å²) in [5, 5.41) is 8.85. The van der Waals surface area contributed by atoms with Gasteiger partial charge in [0.15, 0.2) is 0 Å². The second-order valence-corrected chi connectivity index (χ2v) is 4.34. The Morgan fingerprint density at radius 3 is 3.12 bits per heavy atom. The lowest BCUT2D eigenvalue weighted by Crippen LogP contribution is -2.13. The third kappa shape index (κ3) is 2.35. The first-order valence-corrected chi connectivity index (χ1v) is 5.64. The average Bonchev–Trinajstić information content (AvgIpc) is 2.28. The quantitative estimate of drug-likeness (QED) is 0.850. The van der Waals surface area contributed by atoms with Crippen LogP contribution in [0.5, 0.6) is 5.75 Å². The highest BCUT2D eigenvalue weighted by Crippen LogP contribution is 2.26. The molecule has 0 saturated heterocycles. The smallest absolute Gasteiger partial charge is 0.306 e. The van der Waals surface area contributed by atoms with Crippen molar-refractivity contribution in [3.8, 4) is 5.75 Å². The predicted molar refractivity (Wildman–Crippen MR) is 60.8 cm³/mol. The molecule has 0 amide bonds. The van der Waals surface area contributed by atoms with Crippen molar-refractivity contribution in [2.24, 2.45) is 5.92 Å². The van der Waals surface area contributed by atoms with E-state index in [0.717, 1.165) is 30.8 Å². The average molecular weight is 220 g/mol. The van der Waals surface area contributed by atoms with Crippen molar-refractivity contribution in [1.82, 2.24) is 0 Å². The molecule has 0 saturated carbocycles. The Morgan fingerprint density at radius 2 is 2.38 bits per heavy atom. The second kappa shape index (κ2) is 4.56. The van der Waals surface area contributed by atoms with Crippen LogP contribution in [-0.2, 0) is 17.6 Å². The summed E-state index contributed by atoms with van der Waals surface area (Å²) >= 11 is 0. The van der Waals surface area contributed by atoms with Crippen molar-refractivity contribution in [2.75, 3.05) is 6.61 Å². The fourth-order valence-electron chi connectivity index (χ4n) is 1.95. The molecule has 16 heavy (non-hydrogen) atoms. The van der Waals surface area contributed by atoms with Crippen LogP contribution in [0.15, 0.2) is 18.2 Å². The molecule has 1 aliphatic rings. The molecule has 1 aromatic rings. The molecule has 0 fully saturated rings. The largest absolute Gasteiger partial charge is 0.493 e. The molecule has 3 heteroatoms. The molecular formula is C13H16O3. The Morgan fingerprint density at radius 1 is 1.56 bits per heavy atom. The summed E-state index contributed by atoms with van der Waals surface area (Å²) in [6.45, 7) is 2.49. The molecule has 1 heterocycles. The first-order valence-electron chi connectivity index (χ1n) is 5.64. The number of carbonyl (C=O) groups is 1. The molecule has 2 rings (SSSR count). The van der Waals surface area contributed by atoms with Gasteiger partial charge in [-0.15, -0.1) is 0 Å². The molecule has 1 N–H and O–H groups in total. The van der Waals surface area contributed by atoms with Gasteiger partial charge >= 0.3 is 5.97 Å². The lowest BCUT2D eigenvalue weighted by molar-refractivity contribution is -0.141. The highest BCUT2D eigenvalue weighted by atomic mass is 16.5. The maximum atomic E-state index is 10.8. The Hall–Kier alpha value is -1.51. The molecule has 0 unspecified atom stereocenters. The monoisotopic (exact) mass is 220 g/mol. The van der Waals surface area contributed by atoms with Gasteiger partial charge in [-0.25, -0.2) is 0 Å². The van der Waals surface area contributed by atoms with Crippen molar-refractivity contribution in [3.05, 3.63) is 29.3 Å². The molecule has 1 aliphatic heterocycles. The highest BCUT2D eigenvalue weighted by Gasteiger charge is 2.14. The minimum atomic E-state index is -0.751. The van der Waals surface area contributed by atoms with E-state index in [9.17, 15) is 4.79 Å². The molecular weight excluding hydrogens is 204 g/mol. The van der Waals surface area contributed by atoms with Crippen LogP contribution in [0.4, 0.5) is 0 Å². The number of hydrogen-bond acceptors (Lipinski definition) is 2. The van der Waals surface area contributed by atoms with Gasteiger partial charge in [0.1, 0.15) is 5.75 Å². The molecule has 1 atom stereocenters. The molecule has 0 aliphatic carbocycles. The maximum Gasteiger partial charge on any atom is 0.306 e. The number of hydrogen-bond donors (Lipinski definition) is 1. The fraction of sp³-hybridized carbons (Fsp3) is 0.462. The zero-order valence-electron chi connectivity index (χ0n) is 9.40. The van der Waals surface area contributed by atoms with Crippen molar-refractivity contribution in [3.63, 3.8) is 0 Å². The number of carboxylic acids is 1. The molecule has 0 aromatic heterocycles. The van der Waals surface area contributed by atoms with Gasteiger partial charge in [0.25, 0.3) is 0 Å². The van der Waals surface area contributed by atoms with E-state index in [4.69, 9.17) is 9.84 Å². The number of carboxylic acid groups (broad SMARTS) is 1. The van der Waals surface area contributed by atoms with Gasteiger partial charge in [-0.2, -0.15) is 0 Å². The van der Waals surface area contributed by atoms with E-state index in [1.54, 1.807) is 6.92 Å². The zero-order valence-corrected chi connectivity index (χ0v) is 9.40. The van der Waals surface area contributed by atoms with Crippen LogP contribution in [-0.4, -0.2) is 17.7 Å². The van der Waals surface area contributed by atoms with Gasteiger partial charge in [-0.05, 0) is 36.5 Å². The topological polar surface area (TPSA) is 46.5 Å². The van der Waals surface area contributed by atoms with Gasteiger partial charge in [0.2, 0.25) is 0 Å². The molecule has 1 aromatic carbocycles. The Bertz CT molecular complexity index is 398. The van der Waals surface area contributed by atoms with Crippen molar-refractivity contribution in [2.45, 2.75) is 26.2 Å². The molecule has 3 nitrogen and oxygen atoms in total. The third-order valence-electron chi connectivity index (χ3n) is 2.94. The first kappa shape index (κ1) is 11.0. The van der Waals surface area contributed by atoms with Gasteiger partial charge in [-0.1, -0.05) is 19.1 Å².